The lowest BCUT2D eigenvalue weighted by atomic mass is 9.99. The van der Waals surface area contributed by atoms with Gasteiger partial charge in [-0.1, -0.05) is 30.7 Å². The molecule has 0 aliphatic carbocycles. The molecule has 0 saturated carbocycles. The molecule has 84 valence electrons. The Morgan fingerprint density at radius 3 is 2.60 bits per heavy atom. The van der Waals surface area contributed by atoms with Gasteiger partial charge in [-0.2, -0.15) is 0 Å². The Morgan fingerprint density at radius 1 is 1.27 bits per heavy atom. The molecule has 0 aliphatic heterocycles. The van der Waals surface area contributed by atoms with Gasteiger partial charge in [0, 0.05) is 12.6 Å². The Morgan fingerprint density at radius 2 is 2.00 bits per heavy atom. The normalized spacial score (nSPS) is 12.8. The van der Waals surface area contributed by atoms with Crippen molar-refractivity contribution >= 4 is 0 Å². The molecule has 1 rings (SSSR count). The second-order valence-corrected chi connectivity index (χ2v) is 4.01. The Hall–Kier alpha value is -0.860. The first-order chi connectivity index (χ1) is 7.19. The van der Waals surface area contributed by atoms with Gasteiger partial charge in [-0.25, -0.2) is 0 Å². The lowest BCUT2D eigenvalue weighted by Gasteiger charge is -2.19. The van der Waals surface area contributed by atoms with Crippen molar-refractivity contribution < 1.29 is 0 Å². The molecule has 0 aliphatic rings. The van der Waals surface area contributed by atoms with Gasteiger partial charge >= 0.3 is 0 Å². The van der Waals surface area contributed by atoms with E-state index in [-0.39, 0.29) is 0 Å². The highest BCUT2D eigenvalue weighted by Crippen LogP contribution is 2.18. The number of likely N-dealkylation sites (N-methyl/N-ethyl adjacent to an activating group) is 2. The molecule has 0 amide bonds. The van der Waals surface area contributed by atoms with Crippen LogP contribution in [0.25, 0.3) is 0 Å². The number of hydrogen-bond acceptors (Lipinski definition) is 2. The first-order valence-electron chi connectivity index (χ1n) is 5.64. The zero-order valence-electron chi connectivity index (χ0n) is 10.2. The van der Waals surface area contributed by atoms with Crippen molar-refractivity contribution in [2.24, 2.45) is 0 Å². The molecule has 2 heteroatoms. The Balaban J connectivity index is 2.85. The fourth-order valence-corrected chi connectivity index (χ4v) is 1.79. The molecule has 0 saturated heterocycles. The van der Waals surface area contributed by atoms with E-state index in [1.807, 2.05) is 7.05 Å². The minimum atomic E-state index is 0.407. The summed E-state index contributed by atoms with van der Waals surface area (Å²) in [7, 11) is 2.02. The lowest BCUT2D eigenvalue weighted by molar-refractivity contribution is 0.536. The van der Waals surface area contributed by atoms with E-state index >= 15 is 0 Å². The molecule has 0 radical (unpaired) electrons. The van der Waals surface area contributed by atoms with E-state index in [1.165, 1.54) is 16.7 Å². The highest BCUT2D eigenvalue weighted by Gasteiger charge is 2.10. The molecule has 0 heterocycles. The van der Waals surface area contributed by atoms with Crippen LogP contribution < -0.4 is 10.6 Å². The van der Waals surface area contributed by atoms with Crippen LogP contribution in [0.1, 0.15) is 29.7 Å². The average molecular weight is 206 g/mol. The SMILES string of the molecule is CCNCC(NC)c1cc(C)ccc1C. The van der Waals surface area contributed by atoms with Gasteiger partial charge in [0.25, 0.3) is 0 Å². The summed E-state index contributed by atoms with van der Waals surface area (Å²) in [5.41, 5.74) is 4.09. The van der Waals surface area contributed by atoms with Crippen LogP contribution in [0, 0.1) is 13.8 Å². The lowest BCUT2D eigenvalue weighted by Crippen LogP contribution is -2.29. The average Bonchev–Trinajstić information content (AvgIpc) is 2.24. The molecule has 1 unspecified atom stereocenters. The highest BCUT2D eigenvalue weighted by molar-refractivity contribution is 5.33. The zero-order chi connectivity index (χ0) is 11.3. The van der Waals surface area contributed by atoms with Gasteiger partial charge in [0.05, 0.1) is 0 Å². The molecular formula is C13H22N2. The summed E-state index contributed by atoms with van der Waals surface area (Å²) < 4.78 is 0. The maximum absolute atomic E-state index is 3.38. The van der Waals surface area contributed by atoms with E-state index in [4.69, 9.17) is 0 Å². The number of aryl methyl sites for hydroxylation is 2. The van der Waals surface area contributed by atoms with Crippen molar-refractivity contribution in [1.29, 1.82) is 0 Å². The van der Waals surface area contributed by atoms with Crippen molar-refractivity contribution in [3.8, 4) is 0 Å². The van der Waals surface area contributed by atoms with E-state index in [0.29, 0.717) is 6.04 Å². The molecule has 1 aromatic rings. The van der Waals surface area contributed by atoms with Crippen molar-refractivity contribution in [2.75, 3.05) is 20.1 Å². The third-order valence-electron chi connectivity index (χ3n) is 2.76. The smallest absolute Gasteiger partial charge is 0.0447 e. The molecular weight excluding hydrogens is 184 g/mol. The standard InChI is InChI=1S/C13H22N2/c1-5-15-9-13(14-4)12-8-10(2)6-7-11(12)3/h6-8,13-15H,5,9H2,1-4H3. The largest absolute Gasteiger partial charge is 0.315 e. The highest BCUT2D eigenvalue weighted by atomic mass is 15.0. The van der Waals surface area contributed by atoms with Crippen LogP contribution in [-0.4, -0.2) is 20.1 Å². The number of benzene rings is 1. The van der Waals surface area contributed by atoms with Crippen molar-refractivity contribution in [3.05, 3.63) is 34.9 Å². The fraction of sp³-hybridized carbons (Fsp3) is 0.538. The van der Waals surface area contributed by atoms with Crippen LogP contribution in [0.2, 0.25) is 0 Å². The molecule has 2 nitrogen and oxygen atoms in total. The topological polar surface area (TPSA) is 24.1 Å². The van der Waals surface area contributed by atoms with E-state index < -0.39 is 0 Å². The van der Waals surface area contributed by atoms with Crippen LogP contribution >= 0.6 is 0 Å². The Kier molecular flexibility index (Phi) is 4.79. The van der Waals surface area contributed by atoms with Gasteiger partial charge < -0.3 is 10.6 Å². The van der Waals surface area contributed by atoms with Crippen LogP contribution in [0.15, 0.2) is 18.2 Å². The number of nitrogens with one attached hydrogen (secondary N) is 2. The summed E-state index contributed by atoms with van der Waals surface area (Å²) in [5.74, 6) is 0. The second-order valence-electron chi connectivity index (χ2n) is 4.01. The molecule has 2 N–H and O–H groups in total. The van der Waals surface area contributed by atoms with Gasteiger partial charge in [-0.15, -0.1) is 0 Å². The summed E-state index contributed by atoms with van der Waals surface area (Å²) in [6.45, 7) is 8.45. The van der Waals surface area contributed by atoms with E-state index in [1.54, 1.807) is 0 Å². The molecule has 0 bridgehead atoms. The first kappa shape index (κ1) is 12.2. The molecule has 0 spiro atoms. The molecule has 1 atom stereocenters. The van der Waals surface area contributed by atoms with E-state index in [0.717, 1.165) is 13.1 Å². The van der Waals surface area contributed by atoms with E-state index in [9.17, 15) is 0 Å². The first-order valence-corrected chi connectivity index (χ1v) is 5.64. The van der Waals surface area contributed by atoms with Gasteiger partial charge in [0.1, 0.15) is 0 Å². The van der Waals surface area contributed by atoms with Crippen LogP contribution in [0.5, 0.6) is 0 Å². The predicted molar refractivity (Wildman–Crippen MR) is 66.3 cm³/mol. The predicted octanol–water partition coefficient (Wildman–Crippen LogP) is 2.17. The number of hydrogen-bond donors (Lipinski definition) is 2. The van der Waals surface area contributed by atoms with E-state index in [2.05, 4.69) is 49.6 Å². The summed E-state index contributed by atoms with van der Waals surface area (Å²) in [6.07, 6.45) is 0. The van der Waals surface area contributed by atoms with Gasteiger partial charge in [0.15, 0.2) is 0 Å². The Labute approximate surface area is 93.1 Å². The quantitative estimate of drug-likeness (QED) is 0.771. The van der Waals surface area contributed by atoms with Crippen LogP contribution in [-0.2, 0) is 0 Å². The summed E-state index contributed by atoms with van der Waals surface area (Å²) in [5, 5.41) is 6.74. The minimum Gasteiger partial charge on any atom is -0.315 e. The summed E-state index contributed by atoms with van der Waals surface area (Å²) in [4.78, 5) is 0. The van der Waals surface area contributed by atoms with Crippen molar-refractivity contribution in [1.82, 2.24) is 10.6 Å². The second kappa shape index (κ2) is 5.89. The summed E-state index contributed by atoms with van der Waals surface area (Å²) >= 11 is 0. The van der Waals surface area contributed by atoms with Crippen molar-refractivity contribution in [2.45, 2.75) is 26.8 Å². The molecule has 15 heavy (non-hydrogen) atoms. The monoisotopic (exact) mass is 206 g/mol. The van der Waals surface area contributed by atoms with Crippen molar-refractivity contribution in [3.63, 3.8) is 0 Å². The third kappa shape index (κ3) is 3.33. The molecule has 0 fully saturated rings. The maximum Gasteiger partial charge on any atom is 0.0447 e. The fourth-order valence-electron chi connectivity index (χ4n) is 1.79. The van der Waals surface area contributed by atoms with Gasteiger partial charge in [-0.05, 0) is 38.6 Å². The zero-order valence-corrected chi connectivity index (χ0v) is 10.2. The van der Waals surface area contributed by atoms with Gasteiger partial charge in [-0.3, -0.25) is 0 Å². The van der Waals surface area contributed by atoms with Crippen LogP contribution in [0.3, 0.4) is 0 Å². The minimum absolute atomic E-state index is 0.407. The van der Waals surface area contributed by atoms with Gasteiger partial charge in [0.2, 0.25) is 0 Å². The Bertz CT molecular complexity index is 307. The summed E-state index contributed by atoms with van der Waals surface area (Å²) in [6, 6.07) is 7.04. The molecule has 1 aromatic carbocycles. The van der Waals surface area contributed by atoms with Crippen LogP contribution in [0.4, 0.5) is 0 Å². The number of rotatable bonds is 5. The third-order valence-corrected chi connectivity index (χ3v) is 2.76. The molecule has 0 aromatic heterocycles. The maximum atomic E-state index is 3.38.